The topological polar surface area (TPSA) is 46.3 Å². The number of halogens is 1. The molecule has 0 spiro atoms. The van der Waals surface area contributed by atoms with E-state index in [1.807, 2.05) is 29.2 Å². The Morgan fingerprint density at radius 1 is 1.04 bits per heavy atom. The predicted molar refractivity (Wildman–Crippen MR) is 101 cm³/mol. The number of carbonyl (C=O) groups excluding carboxylic acids is 1. The minimum absolute atomic E-state index is 0.0484. The van der Waals surface area contributed by atoms with E-state index in [0.29, 0.717) is 27.8 Å². The standard InChI is InChI=1S/C21H19ClN2O2/c22-19-9-5-4-8-17(19)20-18(14-23-26-20)21(25)24-12-10-16(11-13-24)15-6-2-1-3-7-15/h1-9,14,16H,10-13H2. The molecule has 2 aromatic carbocycles. The summed E-state index contributed by atoms with van der Waals surface area (Å²) in [5.41, 5.74) is 2.51. The summed E-state index contributed by atoms with van der Waals surface area (Å²) in [7, 11) is 0. The van der Waals surface area contributed by atoms with Gasteiger partial charge in [-0.25, -0.2) is 0 Å². The number of benzene rings is 2. The van der Waals surface area contributed by atoms with Crippen molar-refractivity contribution in [2.24, 2.45) is 0 Å². The Hall–Kier alpha value is -2.59. The van der Waals surface area contributed by atoms with E-state index < -0.39 is 0 Å². The molecule has 1 aliphatic rings. The highest BCUT2D eigenvalue weighted by molar-refractivity contribution is 6.33. The van der Waals surface area contributed by atoms with Crippen molar-refractivity contribution in [1.29, 1.82) is 0 Å². The molecule has 1 amide bonds. The van der Waals surface area contributed by atoms with Gasteiger partial charge in [0.1, 0.15) is 5.56 Å². The van der Waals surface area contributed by atoms with E-state index in [9.17, 15) is 4.79 Å². The van der Waals surface area contributed by atoms with E-state index in [4.69, 9.17) is 16.1 Å². The molecule has 4 rings (SSSR count). The van der Waals surface area contributed by atoms with E-state index in [2.05, 4.69) is 29.4 Å². The summed E-state index contributed by atoms with van der Waals surface area (Å²) in [4.78, 5) is 14.9. The molecule has 0 aliphatic carbocycles. The number of rotatable bonds is 3. The molecule has 1 aliphatic heterocycles. The maximum absolute atomic E-state index is 13.0. The lowest BCUT2D eigenvalue weighted by molar-refractivity contribution is 0.0713. The number of aromatic nitrogens is 1. The van der Waals surface area contributed by atoms with Gasteiger partial charge in [0.15, 0.2) is 5.76 Å². The molecule has 1 saturated heterocycles. The van der Waals surface area contributed by atoms with Crippen LogP contribution in [0.1, 0.15) is 34.7 Å². The first-order valence-corrected chi connectivity index (χ1v) is 9.15. The first kappa shape index (κ1) is 16.9. The molecule has 0 saturated carbocycles. The van der Waals surface area contributed by atoms with Crippen molar-refractivity contribution in [2.75, 3.05) is 13.1 Å². The molecule has 0 bridgehead atoms. The second kappa shape index (κ2) is 7.34. The highest BCUT2D eigenvalue weighted by Crippen LogP contribution is 2.33. The van der Waals surface area contributed by atoms with Crippen LogP contribution in [-0.4, -0.2) is 29.1 Å². The number of hydrogen-bond acceptors (Lipinski definition) is 3. The van der Waals surface area contributed by atoms with Crippen molar-refractivity contribution < 1.29 is 9.32 Å². The van der Waals surface area contributed by atoms with Gasteiger partial charge >= 0.3 is 0 Å². The van der Waals surface area contributed by atoms with Gasteiger partial charge in [-0.3, -0.25) is 4.79 Å². The van der Waals surface area contributed by atoms with Crippen LogP contribution in [0.25, 0.3) is 11.3 Å². The monoisotopic (exact) mass is 366 g/mol. The van der Waals surface area contributed by atoms with Crippen molar-refractivity contribution in [3.63, 3.8) is 0 Å². The average molecular weight is 367 g/mol. The van der Waals surface area contributed by atoms with Gasteiger partial charge in [0.25, 0.3) is 5.91 Å². The van der Waals surface area contributed by atoms with E-state index >= 15 is 0 Å². The highest BCUT2D eigenvalue weighted by atomic mass is 35.5. The van der Waals surface area contributed by atoms with Crippen molar-refractivity contribution in [1.82, 2.24) is 10.1 Å². The Labute approximate surface area is 157 Å². The van der Waals surface area contributed by atoms with Crippen LogP contribution in [-0.2, 0) is 0 Å². The lowest BCUT2D eigenvalue weighted by Crippen LogP contribution is -2.38. The van der Waals surface area contributed by atoms with Crippen LogP contribution in [0.3, 0.4) is 0 Å². The molecule has 4 nitrogen and oxygen atoms in total. The molecule has 0 radical (unpaired) electrons. The van der Waals surface area contributed by atoms with Gasteiger partial charge in [-0.1, -0.05) is 59.2 Å². The normalized spacial score (nSPS) is 15.2. The van der Waals surface area contributed by atoms with Gasteiger partial charge in [0.05, 0.1) is 11.2 Å². The SMILES string of the molecule is O=C(c1cnoc1-c1ccccc1Cl)N1CCC(c2ccccc2)CC1. The quantitative estimate of drug-likeness (QED) is 0.654. The van der Waals surface area contributed by atoms with Gasteiger partial charge < -0.3 is 9.42 Å². The molecule has 132 valence electrons. The third-order valence-electron chi connectivity index (χ3n) is 4.97. The molecular formula is C21H19ClN2O2. The second-order valence-electron chi connectivity index (χ2n) is 6.53. The van der Waals surface area contributed by atoms with Gasteiger partial charge in [-0.2, -0.15) is 0 Å². The Morgan fingerprint density at radius 3 is 2.46 bits per heavy atom. The summed E-state index contributed by atoms with van der Waals surface area (Å²) in [5, 5.41) is 4.38. The summed E-state index contributed by atoms with van der Waals surface area (Å²) >= 11 is 6.25. The van der Waals surface area contributed by atoms with E-state index in [1.54, 1.807) is 6.07 Å². The molecule has 1 aromatic heterocycles. The van der Waals surface area contributed by atoms with Gasteiger partial charge in [-0.15, -0.1) is 0 Å². The molecule has 0 atom stereocenters. The van der Waals surface area contributed by atoms with E-state index in [0.717, 1.165) is 25.9 Å². The average Bonchev–Trinajstić information content (AvgIpc) is 3.18. The summed E-state index contributed by atoms with van der Waals surface area (Å²) in [5.74, 6) is 0.893. The number of amides is 1. The summed E-state index contributed by atoms with van der Waals surface area (Å²) in [6.07, 6.45) is 3.41. The third-order valence-corrected chi connectivity index (χ3v) is 5.30. The van der Waals surface area contributed by atoms with Crippen LogP contribution in [0.15, 0.2) is 65.3 Å². The number of hydrogen-bond donors (Lipinski definition) is 0. The molecule has 0 N–H and O–H groups in total. The highest BCUT2D eigenvalue weighted by Gasteiger charge is 2.28. The third kappa shape index (κ3) is 3.25. The van der Waals surface area contributed by atoms with Crippen molar-refractivity contribution >= 4 is 17.5 Å². The number of nitrogens with zero attached hydrogens (tertiary/aromatic N) is 2. The van der Waals surface area contributed by atoms with Crippen molar-refractivity contribution in [2.45, 2.75) is 18.8 Å². The molecule has 0 unspecified atom stereocenters. The van der Waals surface area contributed by atoms with Crippen LogP contribution >= 0.6 is 11.6 Å². The fraction of sp³-hybridized carbons (Fsp3) is 0.238. The summed E-state index contributed by atoms with van der Waals surface area (Å²) < 4.78 is 5.35. The van der Waals surface area contributed by atoms with Gasteiger partial charge in [0, 0.05) is 18.7 Å². The van der Waals surface area contributed by atoms with Crippen molar-refractivity contribution in [3.8, 4) is 11.3 Å². The van der Waals surface area contributed by atoms with Gasteiger partial charge in [0.2, 0.25) is 0 Å². The zero-order valence-electron chi connectivity index (χ0n) is 14.3. The molecular weight excluding hydrogens is 348 g/mol. The van der Waals surface area contributed by atoms with Crippen LogP contribution in [0.4, 0.5) is 0 Å². The molecule has 5 heteroatoms. The minimum Gasteiger partial charge on any atom is -0.355 e. The Balaban J connectivity index is 1.50. The molecule has 1 fully saturated rings. The minimum atomic E-state index is -0.0484. The zero-order chi connectivity index (χ0) is 17.9. The summed E-state index contributed by atoms with van der Waals surface area (Å²) in [6.45, 7) is 1.46. The first-order chi connectivity index (χ1) is 12.7. The maximum atomic E-state index is 13.0. The molecule has 2 heterocycles. The van der Waals surface area contributed by atoms with Crippen molar-refractivity contribution in [3.05, 3.63) is 76.9 Å². The largest absolute Gasteiger partial charge is 0.355 e. The Morgan fingerprint density at radius 2 is 1.73 bits per heavy atom. The fourth-order valence-corrected chi connectivity index (χ4v) is 3.76. The van der Waals surface area contributed by atoms with Crippen LogP contribution in [0, 0.1) is 0 Å². The fourth-order valence-electron chi connectivity index (χ4n) is 3.54. The zero-order valence-corrected chi connectivity index (χ0v) is 15.0. The number of likely N-dealkylation sites (tertiary alicyclic amines) is 1. The van der Waals surface area contributed by atoms with E-state index in [-0.39, 0.29) is 5.91 Å². The lowest BCUT2D eigenvalue weighted by Gasteiger charge is -2.32. The smallest absolute Gasteiger partial charge is 0.259 e. The van der Waals surface area contributed by atoms with E-state index in [1.165, 1.54) is 11.8 Å². The lowest BCUT2D eigenvalue weighted by atomic mass is 9.89. The second-order valence-corrected chi connectivity index (χ2v) is 6.93. The van der Waals surface area contributed by atoms with Crippen LogP contribution in [0.5, 0.6) is 0 Å². The predicted octanol–water partition coefficient (Wildman–Crippen LogP) is 5.01. The maximum Gasteiger partial charge on any atom is 0.259 e. The van der Waals surface area contributed by atoms with Gasteiger partial charge in [-0.05, 0) is 36.5 Å². The Bertz CT molecular complexity index is 899. The number of carbonyl (C=O) groups is 1. The molecule has 26 heavy (non-hydrogen) atoms. The van der Waals surface area contributed by atoms with Crippen LogP contribution < -0.4 is 0 Å². The Kier molecular flexibility index (Phi) is 4.76. The first-order valence-electron chi connectivity index (χ1n) is 8.78. The number of piperidine rings is 1. The molecule has 3 aromatic rings. The summed E-state index contributed by atoms with van der Waals surface area (Å²) in [6, 6.07) is 17.8. The van der Waals surface area contributed by atoms with Crippen LogP contribution in [0.2, 0.25) is 5.02 Å².